The van der Waals surface area contributed by atoms with Crippen molar-refractivity contribution in [1.82, 2.24) is 0 Å². The number of hydrogen-bond donors (Lipinski definition) is 1. The van der Waals surface area contributed by atoms with Crippen LogP contribution < -0.4 is 9.62 Å². The SMILES string of the molecule is O=C1CCCCN1c1ccc(NS(=O)(=O)c2cccc(Cl)c2)cc1. The third-order valence-corrected chi connectivity index (χ3v) is 5.48. The maximum Gasteiger partial charge on any atom is 0.261 e. The van der Waals surface area contributed by atoms with Crippen molar-refractivity contribution in [3.63, 3.8) is 0 Å². The molecule has 0 atom stereocenters. The molecule has 0 spiro atoms. The molecule has 0 aromatic heterocycles. The molecule has 1 saturated heterocycles. The number of halogens is 1. The second kappa shape index (κ2) is 6.83. The average Bonchev–Trinajstić information content (AvgIpc) is 2.56. The predicted molar refractivity (Wildman–Crippen MR) is 94.9 cm³/mol. The molecular weight excluding hydrogens is 348 g/mol. The van der Waals surface area contributed by atoms with E-state index >= 15 is 0 Å². The van der Waals surface area contributed by atoms with Crippen molar-refractivity contribution in [2.75, 3.05) is 16.2 Å². The molecule has 1 N–H and O–H groups in total. The van der Waals surface area contributed by atoms with E-state index in [-0.39, 0.29) is 10.8 Å². The second-order valence-corrected chi connectivity index (χ2v) is 7.73. The van der Waals surface area contributed by atoms with Crippen molar-refractivity contribution in [2.24, 2.45) is 0 Å². The maximum absolute atomic E-state index is 12.4. The van der Waals surface area contributed by atoms with Crippen LogP contribution in [0.1, 0.15) is 19.3 Å². The van der Waals surface area contributed by atoms with Gasteiger partial charge in [-0.15, -0.1) is 0 Å². The van der Waals surface area contributed by atoms with Gasteiger partial charge in [0.25, 0.3) is 10.0 Å². The fraction of sp³-hybridized carbons (Fsp3) is 0.235. The Kier molecular flexibility index (Phi) is 4.78. The van der Waals surface area contributed by atoms with Gasteiger partial charge in [0, 0.05) is 29.4 Å². The summed E-state index contributed by atoms with van der Waals surface area (Å²) in [5.41, 5.74) is 1.22. The minimum atomic E-state index is -3.70. The highest BCUT2D eigenvalue weighted by Gasteiger charge is 2.20. The van der Waals surface area contributed by atoms with Crippen LogP contribution in [-0.2, 0) is 14.8 Å². The van der Waals surface area contributed by atoms with Gasteiger partial charge in [0.2, 0.25) is 5.91 Å². The largest absolute Gasteiger partial charge is 0.312 e. The maximum atomic E-state index is 12.4. The van der Waals surface area contributed by atoms with Crippen LogP contribution in [-0.4, -0.2) is 20.9 Å². The monoisotopic (exact) mass is 364 g/mol. The molecule has 0 saturated carbocycles. The Balaban J connectivity index is 1.77. The van der Waals surface area contributed by atoms with E-state index in [0.29, 0.717) is 23.7 Å². The molecule has 0 aliphatic carbocycles. The fourth-order valence-corrected chi connectivity index (χ4v) is 4.00. The molecule has 3 rings (SSSR count). The molecule has 5 nitrogen and oxygen atoms in total. The Bertz CT molecular complexity index is 850. The standard InChI is InChI=1S/C17H17ClN2O3S/c18-13-4-3-5-16(12-13)24(22,23)19-14-7-9-15(10-8-14)20-11-2-1-6-17(20)21/h3-5,7-10,12,19H,1-2,6,11H2. The Morgan fingerprint density at radius 2 is 1.79 bits per heavy atom. The normalized spacial score (nSPS) is 15.4. The summed E-state index contributed by atoms with van der Waals surface area (Å²) in [6.45, 7) is 0.701. The predicted octanol–water partition coefficient (Wildman–Crippen LogP) is 3.66. The first-order valence-electron chi connectivity index (χ1n) is 7.64. The highest BCUT2D eigenvalue weighted by atomic mass is 35.5. The topological polar surface area (TPSA) is 66.5 Å². The van der Waals surface area contributed by atoms with Crippen molar-refractivity contribution < 1.29 is 13.2 Å². The second-order valence-electron chi connectivity index (χ2n) is 5.61. The van der Waals surface area contributed by atoms with Crippen LogP contribution in [0.4, 0.5) is 11.4 Å². The zero-order chi connectivity index (χ0) is 17.2. The Hall–Kier alpha value is -2.05. The number of nitrogens with one attached hydrogen (secondary N) is 1. The van der Waals surface area contributed by atoms with Gasteiger partial charge in [0.05, 0.1) is 4.90 Å². The van der Waals surface area contributed by atoms with Gasteiger partial charge in [0.15, 0.2) is 0 Å². The summed E-state index contributed by atoms with van der Waals surface area (Å²) in [7, 11) is -3.70. The molecule has 1 aliphatic rings. The Morgan fingerprint density at radius 1 is 1.04 bits per heavy atom. The number of sulfonamides is 1. The van der Waals surface area contributed by atoms with Crippen molar-refractivity contribution in [3.8, 4) is 0 Å². The molecule has 126 valence electrons. The van der Waals surface area contributed by atoms with Crippen LogP contribution in [0.5, 0.6) is 0 Å². The van der Waals surface area contributed by atoms with Gasteiger partial charge < -0.3 is 4.90 Å². The molecule has 0 bridgehead atoms. The number of rotatable bonds is 4. The minimum absolute atomic E-state index is 0.102. The van der Waals surface area contributed by atoms with E-state index in [9.17, 15) is 13.2 Å². The summed E-state index contributed by atoms with van der Waals surface area (Å²) >= 11 is 5.84. The molecule has 1 amide bonds. The number of carbonyl (C=O) groups is 1. The van der Waals surface area contributed by atoms with Crippen LogP contribution in [0.2, 0.25) is 5.02 Å². The summed E-state index contributed by atoms with van der Waals surface area (Å²) in [6.07, 6.45) is 2.46. The Labute approximate surface area is 146 Å². The van der Waals surface area contributed by atoms with E-state index in [1.807, 2.05) is 0 Å². The highest BCUT2D eigenvalue weighted by Crippen LogP contribution is 2.24. The van der Waals surface area contributed by atoms with E-state index in [0.717, 1.165) is 18.5 Å². The van der Waals surface area contributed by atoms with Crippen molar-refractivity contribution in [3.05, 3.63) is 53.6 Å². The lowest BCUT2D eigenvalue weighted by atomic mass is 10.1. The number of piperidine rings is 1. The smallest absolute Gasteiger partial charge is 0.261 e. The average molecular weight is 365 g/mol. The molecular formula is C17H17ClN2O3S. The minimum Gasteiger partial charge on any atom is -0.312 e. The van der Waals surface area contributed by atoms with Crippen molar-refractivity contribution in [2.45, 2.75) is 24.2 Å². The van der Waals surface area contributed by atoms with E-state index in [1.165, 1.54) is 12.1 Å². The number of hydrogen-bond acceptors (Lipinski definition) is 3. The van der Waals surface area contributed by atoms with Gasteiger partial charge in [-0.05, 0) is 55.3 Å². The van der Waals surface area contributed by atoms with E-state index < -0.39 is 10.0 Å². The molecule has 1 aliphatic heterocycles. The molecule has 7 heteroatoms. The van der Waals surface area contributed by atoms with Crippen LogP contribution >= 0.6 is 11.6 Å². The van der Waals surface area contributed by atoms with Crippen LogP contribution in [0.15, 0.2) is 53.4 Å². The molecule has 2 aromatic rings. The van der Waals surface area contributed by atoms with Crippen molar-refractivity contribution >= 4 is 38.9 Å². The molecule has 24 heavy (non-hydrogen) atoms. The van der Waals surface area contributed by atoms with Crippen LogP contribution in [0, 0.1) is 0 Å². The van der Waals surface area contributed by atoms with Gasteiger partial charge in [0.1, 0.15) is 0 Å². The third-order valence-electron chi connectivity index (χ3n) is 3.86. The number of nitrogens with zero attached hydrogens (tertiary/aromatic N) is 1. The summed E-state index contributed by atoms with van der Waals surface area (Å²) < 4.78 is 27.2. The highest BCUT2D eigenvalue weighted by molar-refractivity contribution is 7.92. The fourth-order valence-electron chi connectivity index (χ4n) is 2.64. The van der Waals surface area contributed by atoms with Gasteiger partial charge in [-0.2, -0.15) is 0 Å². The summed E-state index contributed by atoms with van der Waals surface area (Å²) in [4.78, 5) is 13.8. The lowest BCUT2D eigenvalue weighted by Crippen LogP contribution is -2.35. The molecule has 0 unspecified atom stereocenters. The lowest BCUT2D eigenvalue weighted by molar-refractivity contribution is -0.119. The van der Waals surface area contributed by atoms with Gasteiger partial charge in [-0.25, -0.2) is 8.42 Å². The van der Waals surface area contributed by atoms with Crippen LogP contribution in [0.3, 0.4) is 0 Å². The third kappa shape index (κ3) is 3.71. The zero-order valence-electron chi connectivity index (χ0n) is 12.9. The van der Waals surface area contributed by atoms with Gasteiger partial charge in [-0.1, -0.05) is 17.7 Å². The number of benzene rings is 2. The van der Waals surface area contributed by atoms with E-state index in [2.05, 4.69) is 4.72 Å². The Morgan fingerprint density at radius 3 is 2.46 bits per heavy atom. The molecule has 1 heterocycles. The first-order valence-corrected chi connectivity index (χ1v) is 9.51. The molecule has 2 aromatic carbocycles. The summed E-state index contributed by atoms with van der Waals surface area (Å²) in [6, 6.07) is 12.9. The zero-order valence-corrected chi connectivity index (χ0v) is 14.5. The van der Waals surface area contributed by atoms with Crippen molar-refractivity contribution in [1.29, 1.82) is 0 Å². The van der Waals surface area contributed by atoms with E-state index in [1.54, 1.807) is 41.3 Å². The van der Waals surface area contributed by atoms with E-state index in [4.69, 9.17) is 11.6 Å². The first-order chi connectivity index (χ1) is 11.5. The number of amides is 1. The summed E-state index contributed by atoms with van der Waals surface area (Å²) in [5.74, 6) is 0.105. The molecule has 0 radical (unpaired) electrons. The van der Waals surface area contributed by atoms with Gasteiger partial charge >= 0.3 is 0 Å². The first kappa shape index (κ1) is 16.8. The number of carbonyl (C=O) groups excluding carboxylic acids is 1. The van der Waals surface area contributed by atoms with Gasteiger partial charge in [-0.3, -0.25) is 9.52 Å². The van der Waals surface area contributed by atoms with Crippen LogP contribution in [0.25, 0.3) is 0 Å². The summed E-state index contributed by atoms with van der Waals surface area (Å²) in [5, 5.41) is 0.358. The quantitative estimate of drug-likeness (QED) is 0.900. The lowest BCUT2D eigenvalue weighted by Gasteiger charge is -2.26. The molecule has 1 fully saturated rings. The number of anilines is 2.